The van der Waals surface area contributed by atoms with Crippen LogP contribution in [-0.2, 0) is 16.0 Å². The quantitative estimate of drug-likeness (QED) is 0.713. The average Bonchev–Trinajstić information content (AvgIpc) is 2.72. The Morgan fingerprint density at radius 1 is 1.18 bits per heavy atom. The van der Waals surface area contributed by atoms with Crippen LogP contribution in [0.5, 0.6) is 11.5 Å². The van der Waals surface area contributed by atoms with Gasteiger partial charge in [-0.2, -0.15) is 0 Å². The molecule has 1 aliphatic rings. The molecule has 0 bridgehead atoms. The zero-order valence-corrected chi connectivity index (χ0v) is 16.3. The predicted octanol–water partition coefficient (Wildman–Crippen LogP) is 2.95. The van der Waals surface area contributed by atoms with Gasteiger partial charge in [-0.15, -0.1) is 0 Å². The van der Waals surface area contributed by atoms with Crippen molar-refractivity contribution in [2.24, 2.45) is 0 Å². The third-order valence-electron chi connectivity index (χ3n) is 4.76. The van der Waals surface area contributed by atoms with Crippen molar-refractivity contribution in [2.45, 2.75) is 32.3 Å². The Labute approximate surface area is 165 Å². The lowest BCUT2D eigenvalue weighted by Gasteiger charge is -2.32. The SMILES string of the molecule is COc1ccc(CCCNC(=O)CCN2C(=O)C(C)Oc3ccccc32)cc1. The normalized spacial score (nSPS) is 15.6. The summed E-state index contributed by atoms with van der Waals surface area (Å²) in [6, 6.07) is 15.3. The summed E-state index contributed by atoms with van der Waals surface area (Å²) < 4.78 is 10.8. The van der Waals surface area contributed by atoms with Crippen molar-refractivity contribution in [3.63, 3.8) is 0 Å². The first-order chi connectivity index (χ1) is 13.6. The van der Waals surface area contributed by atoms with Gasteiger partial charge < -0.3 is 19.7 Å². The molecule has 2 amide bonds. The number of methoxy groups -OCH3 is 1. The van der Waals surface area contributed by atoms with E-state index in [0.717, 1.165) is 24.3 Å². The molecule has 28 heavy (non-hydrogen) atoms. The van der Waals surface area contributed by atoms with E-state index in [1.807, 2.05) is 48.5 Å². The van der Waals surface area contributed by atoms with Crippen LogP contribution in [-0.4, -0.2) is 38.1 Å². The van der Waals surface area contributed by atoms with E-state index >= 15 is 0 Å². The molecule has 3 rings (SSSR count). The number of nitrogens with zero attached hydrogens (tertiary/aromatic N) is 1. The fraction of sp³-hybridized carbons (Fsp3) is 0.364. The topological polar surface area (TPSA) is 67.9 Å². The molecule has 0 radical (unpaired) electrons. The van der Waals surface area contributed by atoms with Crippen LogP contribution in [0.4, 0.5) is 5.69 Å². The van der Waals surface area contributed by atoms with Crippen molar-refractivity contribution in [3.05, 3.63) is 54.1 Å². The van der Waals surface area contributed by atoms with E-state index in [-0.39, 0.29) is 18.2 Å². The summed E-state index contributed by atoms with van der Waals surface area (Å²) >= 11 is 0. The Morgan fingerprint density at radius 2 is 1.93 bits per heavy atom. The Bertz CT molecular complexity index is 820. The van der Waals surface area contributed by atoms with Gasteiger partial charge in [0.15, 0.2) is 6.10 Å². The van der Waals surface area contributed by atoms with Crippen molar-refractivity contribution >= 4 is 17.5 Å². The van der Waals surface area contributed by atoms with Crippen molar-refractivity contribution in [3.8, 4) is 11.5 Å². The van der Waals surface area contributed by atoms with Gasteiger partial charge in [-0.25, -0.2) is 0 Å². The number of amides is 2. The monoisotopic (exact) mass is 382 g/mol. The molecule has 1 heterocycles. The second-order valence-electron chi connectivity index (χ2n) is 6.77. The third kappa shape index (κ3) is 4.82. The summed E-state index contributed by atoms with van der Waals surface area (Å²) in [6.07, 6.45) is 1.46. The maximum atomic E-state index is 12.4. The zero-order valence-electron chi connectivity index (χ0n) is 16.3. The Kier molecular flexibility index (Phi) is 6.53. The maximum absolute atomic E-state index is 12.4. The van der Waals surface area contributed by atoms with Crippen molar-refractivity contribution in [1.82, 2.24) is 5.32 Å². The fourth-order valence-electron chi connectivity index (χ4n) is 3.20. The zero-order chi connectivity index (χ0) is 19.9. The number of nitrogens with one attached hydrogen (secondary N) is 1. The molecule has 6 heteroatoms. The number of anilines is 1. The molecular weight excluding hydrogens is 356 g/mol. The van der Waals surface area contributed by atoms with Crippen LogP contribution < -0.4 is 19.7 Å². The Balaban J connectivity index is 1.43. The number of ether oxygens (including phenoxy) is 2. The van der Waals surface area contributed by atoms with E-state index in [1.165, 1.54) is 5.56 Å². The molecule has 1 aliphatic heterocycles. The molecule has 148 valence electrons. The molecule has 2 aromatic carbocycles. The van der Waals surface area contributed by atoms with E-state index in [1.54, 1.807) is 18.9 Å². The predicted molar refractivity (Wildman–Crippen MR) is 108 cm³/mol. The van der Waals surface area contributed by atoms with E-state index < -0.39 is 6.10 Å². The second kappa shape index (κ2) is 9.26. The first-order valence-corrected chi connectivity index (χ1v) is 9.55. The molecule has 1 unspecified atom stereocenters. The summed E-state index contributed by atoms with van der Waals surface area (Å²) in [6.45, 7) is 2.67. The molecule has 1 N–H and O–H groups in total. The van der Waals surface area contributed by atoms with Crippen LogP contribution in [0.25, 0.3) is 0 Å². The van der Waals surface area contributed by atoms with E-state index in [9.17, 15) is 9.59 Å². The summed E-state index contributed by atoms with van der Waals surface area (Å²) in [5.41, 5.74) is 1.93. The first-order valence-electron chi connectivity index (χ1n) is 9.55. The summed E-state index contributed by atoms with van der Waals surface area (Å²) in [5.74, 6) is 1.34. The van der Waals surface area contributed by atoms with Gasteiger partial charge >= 0.3 is 0 Å². The summed E-state index contributed by atoms with van der Waals surface area (Å²) in [7, 11) is 1.65. The van der Waals surface area contributed by atoms with Gasteiger partial charge in [0.05, 0.1) is 12.8 Å². The molecule has 0 spiro atoms. The smallest absolute Gasteiger partial charge is 0.267 e. The Hall–Kier alpha value is -3.02. The number of para-hydroxylation sites is 2. The van der Waals surface area contributed by atoms with Gasteiger partial charge in [-0.1, -0.05) is 24.3 Å². The first kappa shape index (κ1) is 19.7. The van der Waals surface area contributed by atoms with Crippen LogP contribution in [0, 0.1) is 0 Å². The molecule has 1 atom stereocenters. The van der Waals surface area contributed by atoms with Gasteiger partial charge in [-0.3, -0.25) is 9.59 Å². The molecule has 0 aliphatic carbocycles. The van der Waals surface area contributed by atoms with Crippen molar-refractivity contribution in [2.75, 3.05) is 25.1 Å². The fourth-order valence-corrected chi connectivity index (χ4v) is 3.20. The third-order valence-corrected chi connectivity index (χ3v) is 4.76. The lowest BCUT2D eigenvalue weighted by atomic mass is 10.1. The summed E-state index contributed by atoms with van der Waals surface area (Å²) in [4.78, 5) is 26.2. The highest BCUT2D eigenvalue weighted by atomic mass is 16.5. The molecule has 6 nitrogen and oxygen atoms in total. The number of carbonyl (C=O) groups is 2. The lowest BCUT2D eigenvalue weighted by Crippen LogP contribution is -2.45. The highest BCUT2D eigenvalue weighted by molar-refractivity contribution is 6.00. The van der Waals surface area contributed by atoms with E-state index in [2.05, 4.69) is 5.32 Å². The Morgan fingerprint density at radius 3 is 2.68 bits per heavy atom. The van der Waals surface area contributed by atoms with Gasteiger partial charge in [-0.05, 0) is 49.6 Å². The van der Waals surface area contributed by atoms with Gasteiger partial charge in [0.25, 0.3) is 5.91 Å². The highest BCUT2D eigenvalue weighted by Gasteiger charge is 2.31. The number of benzene rings is 2. The number of fused-ring (bicyclic) bond motifs is 1. The standard InChI is InChI=1S/C22H26N2O4/c1-16-22(26)24(19-7-3-4-8-20(19)28-16)15-13-21(25)23-14-5-6-17-9-11-18(27-2)12-10-17/h3-4,7-12,16H,5-6,13-15H2,1-2H3,(H,23,25). The minimum absolute atomic E-state index is 0.0563. The molecule has 0 saturated carbocycles. The van der Waals surface area contributed by atoms with Crippen molar-refractivity contribution < 1.29 is 19.1 Å². The van der Waals surface area contributed by atoms with Crippen LogP contribution >= 0.6 is 0 Å². The molecule has 0 saturated heterocycles. The van der Waals surface area contributed by atoms with Crippen LogP contribution in [0.2, 0.25) is 0 Å². The lowest BCUT2D eigenvalue weighted by molar-refractivity contribution is -0.125. The largest absolute Gasteiger partial charge is 0.497 e. The van der Waals surface area contributed by atoms with Crippen molar-refractivity contribution in [1.29, 1.82) is 0 Å². The molecule has 2 aromatic rings. The minimum atomic E-state index is -0.539. The van der Waals surface area contributed by atoms with Crippen LogP contribution in [0.1, 0.15) is 25.3 Å². The van der Waals surface area contributed by atoms with Gasteiger partial charge in [0.1, 0.15) is 11.5 Å². The number of aryl methyl sites for hydroxylation is 1. The number of carbonyl (C=O) groups excluding carboxylic acids is 2. The number of hydrogen-bond acceptors (Lipinski definition) is 4. The highest BCUT2D eigenvalue weighted by Crippen LogP contribution is 2.33. The molecular formula is C22H26N2O4. The van der Waals surface area contributed by atoms with E-state index in [0.29, 0.717) is 18.8 Å². The second-order valence-corrected chi connectivity index (χ2v) is 6.77. The van der Waals surface area contributed by atoms with Gasteiger partial charge in [0.2, 0.25) is 5.91 Å². The van der Waals surface area contributed by atoms with Crippen LogP contribution in [0.3, 0.4) is 0 Å². The van der Waals surface area contributed by atoms with E-state index in [4.69, 9.17) is 9.47 Å². The number of hydrogen-bond donors (Lipinski definition) is 1. The summed E-state index contributed by atoms with van der Waals surface area (Å²) in [5, 5.41) is 2.93. The minimum Gasteiger partial charge on any atom is -0.497 e. The average molecular weight is 382 g/mol. The van der Waals surface area contributed by atoms with Gasteiger partial charge in [0, 0.05) is 19.5 Å². The molecule has 0 aromatic heterocycles. The molecule has 0 fully saturated rings. The van der Waals surface area contributed by atoms with Crippen LogP contribution in [0.15, 0.2) is 48.5 Å². The number of rotatable bonds is 8. The maximum Gasteiger partial charge on any atom is 0.267 e.